The van der Waals surface area contributed by atoms with Gasteiger partial charge in [-0.05, 0) is 18.4 Å². The van der Waals surface area contributed by atoms with Crippen LogP contribution in [-0.4, -0.2) is 17.3 Å². The maximum atomic E-state index is 12.0. The normalized spacial score (nSPS) is 21.6. The van der Waals surface area contributed by atoms with Gasteiger partial charge in [-0.15, -0.1) is 0 Å². The molecule has 0 bridgehead atoms. The van der Waals surface area contributed by atoms with Gasteiger partial charge in [0.05, 0.1) is 5.92 Å². The molecular formula is C14H17NO3. The molecule has 4 heteroatoms. The molecule has 0 saturated heterocycles. The standard InChI is InChI=1S/C14H17NO3/c16-14-9-5-4-8-12(14)13(10-15(17)18)11-6-2-1-3-7-11/h1-3,6-7,12-13H,4-5,8-10H2/t12?,13-/m0/s1. The van der Waals surface area contributed by atoms with Crippen molar-refractivity contribution in [2.24, 2.45) is 5.92 Å². The summed E-state index contributed by atoms with van der Waals surface area (Å²) in [7, 11) is 0. The molecular weight excluding hydrogens is 230 g/mol. The van der Waals surface area contributed by atoms with E-state index in [1.54, 1.807) is 0 Å². The van der Waals surface area contributed by atoms with Crippen LogP contribution in [0.3, 0.4) is 0 Å². The van der Waals surface area contributed by atoms with Crippen molar-refractivity contribution < 1.29 is 9.72 Å². The number of benzene rings is 1. The van der Waals surface area contributed by atoms with Gasteiger partial charge in [-0.2, -0.15) is 0 Å². The highest BCUT2D eigenvalue weighted by atomic mass is 16.6. The van der Waals surface area contributed by atoms with E-state index in [-0.39, 0.29) is 29.1 Å². The van der Waals surface area contributed by atoms with Crippen molar-refractivity contribution >= 4 is 5.78 Å². The molecule has 18 heavy (non-hydrogen) atoms. The number of carbonyl (C=O) groups is 1. The van der Waals surface area contributed by atoms with Gasteiger partial charge in [-0.1, -0.05) is 36.8 Å². The minimum atomic E-state index is -0.306. The fourth-order valence-electron chi connectivity index (χ4n) is 2.76. The summed E-state index contributed by atoms with van der Waals surface area (Å²) in [6.45, 7) is -0.152. The SMILES string of the molecule is O=C1CCCCC1[C@@H](C[N+](=O)[O-])c1ccccc1. The van der Waals surface area contributed by atoms with Crippen molar-refractivity contribution in [3.8, 4) is 0 Å². The van der Waals surface area contributed by atoms with E-state index in [2.05, 4.69) is 0 Å². The third-order valence-corrected chi connectivity index (χ3v) is 3.66. The maximum Gasteiger partial charge on any atom is 0.211 e. The highest BCUT2D eigenvalue weighted by Crippen LogP contribution is 2.34. The van der Waals surface area contributed by atoms with Gasteiger partial charge in [0.1, 0.15) is 5.78 Å². The number of hydrogen-bond donors (Lipinski definition) is 0. The first-order valence-corrected chi connectivity index (χ1v) is 6.38. The molecule has 0 spiro atoms. The first kappa shape index (κ1) is 12.7. The summed E-state index contributed by atoms with van der Waals surface area (Å²) < 4.78 is 0. The fraction of sp³-hybridized carbons (Fsp3) is 0.500. The van der Waals surface area contributed by atoms with E-state index >= 15 is 0 Å². The van der Waals surface area contributed by atoms with Crippen LogP contribution >= 0.6 is 0 Å². The zero-order chi connectivity index (χ0) is 13.0. The molecule has 96 valence electrons. The molecule has 1 aromatic rings. The van der Waals surface area contributed by atoms with E-state index in [1.165, 1.54) is 0 Å². The maximum absolute atomic E-state index is 12.0. The summed E-state index contributed by atoms with van der Waals surface area (Å²) in [6.07, 6.45) is 3.28. The van der Waals surface area contributed by atoms with E-state index in [0.717, 1.165) is 24.8 Å². The molecule has 0 N–H and O–H groups in total. The minimum Gasteiger partial charge on any atom is -0.299 e. The van der Waals surface area contributed by atoms with Gasteiger partial charge in [0.15, 0.2) is 0 Å². The lowest BCUT2D eigenvalue weighted by Gasteiger charge is -2.26. The Bertz CT molecular complexity index is 430. The van der Waals surface area contributed by atoms with Crippen LogP contribution in [0.4, 0.5) is 0 Å². The monoisotopic (exact) mass is 247 g/mol. The lowest BCUT2D eigenvalue weighted by atomic mass is 9.76. The topological polar surface area (TPSA) is 60.2 Å². The second-order valence-corrected chi connectivity index (χ2v) is 4.85. The van der Waals surface area contributed by atoms with Gasteiger partial charge in [0, 0.05) is 17.3 Å². The van der Waals surface area contributed by atoms with Crippen LogP contribution in [-0.2, 0) is 4.79 Å². The van der Waals surface area contributed by atoms with E-state index in [1.807, 2.05) is 30.3 Å². The fourth-order valence-corrected chi connectivity index (χ4v) is 2.76. The number of carbonyl (C=O) groups excluding carboxylic acids is 1. The molecule has 2 atom stereocenters. The van der Waals surface area contributed by atoms with Crippen molar-refractivity contribution in [2.45, 2.75) is 31.6 Å². The highest BCUT2D eigenvalue weighted by molar-refractivity contribution is 5.82. The van der Waals surface area contributed by atoms with Crippen LogP contribution in [0.15, 0.2) is 30.3 Å². The first-order valence-electron chi connectivity index (χ1n) is 6.38. The van der Waals surface area contributed by atoms with Crippen LogP contribution in [0.25, 0.3) is 0 Å². The molecule has 1 aliphatic rings. The summed E-state index contributed by atoms with van der Waals surface area (Å²) in [5.74, 6) is -0.252. The first-order chi connectivity index (χ1) is 8.68. The smallest absolute Gasteiger partial charge is 0.211 e. The second-order valence-electron chi connectivity index (χ2n) is 4.85. The summed E-state index contributed by atoms with van der Waals surface area (Å²) in [4.78, 5) is 22.5. The van der Waals surface area contributed by atoms with Crippen molar-refractivity contribution in [2.75, 3.05) is 6.54 Å². The van der Waals surface area contributed by atoms with Crippen LogP contribution in [0.1, 0.15) is 37.2 Å². The Morgan fingerprint density at radius 1 is 1.28 bits per heavy atom. The zero-order valence-electron chi connectivity index (χ0n) is 10.2. The van der Waals surface area contributed by atoms with Gasteiger partial charge in [-0.3, -0.25) is 14.9 Å². The van der Waals surface area contributed by atoms with E-state index in [0.29, 0.717) is 6.42 Å². The molecule has 1 aromatic carbocycles. The molecule has 2 rings (SSSR count). The molecule has 0 amide bonds. The molecule has 0 aliphatic heterocycles. The quantitative estimate of drug-likeness (QED) is 0.607. The van der Waals surface area contributed by atoms with E-state index < -0.39 is 0 Å². The molecule has 1 aliphatic carbocycles. The Hall–Kier alpha value is -1.71. The third kappa shape index (κ3) is 2.94. The predicted octanol–water partition coefficient (Wildman–Crippen LogP) is 2.81. The Morgan fingerprint density at radius 3 is 2.61 bits per heavy atom. The highest BCUT2D eigenvalue weighted by Gasteiger charge is 2.34. The Morgan fingerprint density at radius 2 is 2.00 bits per heavy atom. The molecule has 0 heterocycles. The van der Waals surface area contributed by atoms with Gasteiger partial charge < -0.3 is 0 Å². The number of nitrogens with zero attached hydrogens (tertiary/aromatic N) is 1. The number of rotatable bonds is 4. The largest absolute Gasteiger partial charge is 0.299 e. The number of ketones is 1. The lowest BCUT2D eigenvalue weighted by Crippen LogP contribution is -2.30. The number of Topliss-reactive ketones (excluding diaryl/α,β-unsaturated/α-hetero) is 1. The summed E-state index contributed by atoms with van der Waals surface area (Å²) in [5, 5.41) is 10.8. The lowest BCUT2D eigenvalue weighted by molar-refractivity contribution is -0.484. The van der Waals surface area contributed by atoms with Crippen LogP contribution < -0.4 is 0 Å². The van der Waals surface area contributed by atoms with Gasteiger partial charge >= 0.3 is 0 Å². The summed E-state index contributed by atoms with van der Waals surface area (Å²) in [6, 6.07) is 9.40. The second kappa shape index (κ2) is 5.76. The Labute approximate surface area is 106 Å². The number of nitro groups is 1. The van der Waals surface area contributed by atoms with Crippen LogP contribution in [0, 0.1) is 16.0 Å². The van der Waals surface area contributed by atoms with Crippen molar-refractivity contribution in [1.82, 2.24) is 0 Å². The van der Waals surface area contributed by atoms with Crippen LogP contribution in [0.2, 0.25) is 0 Å². The molecule has 1 fully saturated rings. The van der Waals surface area contributed by atoms with E-state index in [4.69, 9.17) is 0 Å². The van der Waals surface area contributed by atoms with Crippen molar-refractivity contribution in [3.05, 3.63) is 46.0 Å². The van der Waals surface area contributed by atoms with Crippen LogP contribution in [0.5, 0.6) is 0 Å². The average Bonchev–Trinajstić information content (AvgIpc) is 2.38. The summed E-state index contributed by atoms with van der Waals surface area (Å²) >= 11 is 0. The van der Waals surface area contributed by atoms with Crippen molar-refractivity contribution in [3.63, 3.8) is 0 Å². The average molecular weight is 247 g/mol. The Kier molecular flexibility index (Phi) is 4.07. The zero-order valence-corrected chi connectivity index (χ0v) is 10.2. The van der Waals surface area contributed by atoms with Gasteiger partial charge in [0.2, 0.25) is 6.54 Å². The van der Waals surface area contributed by atoms with Gasteiger partial charge in [0.25, 0.3) is 0 Å². The molecule has 0 radical (unpaired) electrons. The van der Waals surface area contributed by atoms with Crippen molar-refractivity contribution in [1.29, 1.82) is 0 Å². The number of hydrogen-bond acceptors (Lipinski definition) is 3. The molecule has 1 saturated carbocycles. The summed E-state index contributed by atoms with van der Waals surface area (Å²) in [5.41, 5.74) is 0.912. The minimum absolute atomic E-state index is 0.152. The molecule has 4 nitrogen and oxygen atoms in total. The molecule has 0 aromatic heterocycles. The third-order valence-electron chi connectivity index (χ3n) is 3.66. The van der Waals surface area contributed by atoms with Gasteiger partial charge in [-0.25, -0.2) is 0 Å². The molecule has 1 unspecified atom stereocenters. The Balaban J connectivity index is 2.24. The van der Waals surface area contributed by atoms with E-state index in [9.17, 15) is 14.9 Å². The predicted molar refractivity (Wildman–Crippen MR) is 68.0 cm³/mol.